The van der Waals surface area contributed by atoms with Crippen LogP contribution in [0.5, 0.6) is 0 Å². The highest BCUT2D eigenvalue weighted by atomic mass is 79.9. The van der Waals surface area contributed by atoms with E-state index in [1.165, 1.54) is 0 Å². The van der Waals surface area contributed by atoms with Gasteiger partial charge in [0.2, 0.25) is 0 Å². The Hall–Kier alpha value is -1.60. The molecule has 5 nitrogen and oxygen atoms in total. The van der Waals surface area contributed by atoms with Crippen LogP contribution in [0, 0.1) is 6.92 Å². The Kier molecular flexibility index (Phi) is 6.11. The van der Waals surface area contributed by atoms with Gasteiger partial charge >= 0.3 is 6.03 Å². The molecule has 2 aromatic rings. The average molecular weight is 454 g/mol. The second-order valence-corrected chi connectivity index (χ2v) is 8.26. The van der Waals surface area contributed by atoms with Crippen molar-refractivity contribution in [3.05, 3.63) is 63.1 Å². The molecule has 2 aromatic carbocycles. The molecular formula is C20H22BrClN2O3. The Bertz CT molecular complexity index is 844. The topological polar surface area (TPSA) is 59.6 Å². The maximum atomic E-state index is 12.5. The first-order valence-corrected chi connectivity index (χ1v) is 9.82. The van der Waals surface area contributed by atoms with Crippen LogP contribution in [0.25, 0.3) is 0 Å². The standard InChI is InChI=1S/C20H22BrClN2O3/c1-12-6-4-5-7-14(12)18-17(11-26-20(2,3)27-18)24-19(25)23-16-9-8-13(21)10-15(16)22/h4-10,17-18H,11H2,1-3H3,(H2,23,24,25)/t17?,18-/m0/s1. The van der Waals surface area contributed by atoms with Gasteiger partial charge < -0.3 is 20.1 Å². The molecule has 0 radical (unpaired) electrons. The number of anilines is 1. The van der Waals surface area contributed by atoms with Gasteiger partial charge in [0.05, 0.1) is 23.4 Å². The smallest absolute Gasteiger partial charge is 0.319 e. The van der Waals surface area contributed by atoms with Crippen LogP contribution < -0.4 is 10.6 Å². The van der Waals surface area contributed by atoms with Crippen molar-refractivity contribution in [2.45, 2.75) is 38.7 Å². The quantitative estimate of drug-likeness (QED) is 0.652. The Balaban J connectivity index is 1.77. The summed E-state index contributed by atoms with van der Waals surface area (Å²) in [5.41, 5.74) is 2.66. The zero-order valence-electron chi connectivity index (χ0n) is 15.4. The lowest BCUT2D eigenvalue weighted by atomic mass is 9.96. The molecule has 1 saturated heterocycles. The van der Waals surface area contributed by atoms with Crippen molar-refractivity contribution in [2.24, 2.45) is 0 Å². The van der Waals surface area contributed by atoms with Crippen LogP contribution in [0.15, 0.2) is 46.9 Å². The van der Waals surface area contributed by atoms with E-state index in [9.17, 15) is 4.79 Å². The van der Waals surface area contributed by atoms with Gasteiger partial charge in [-0.2, -0.15) is 0 Å². The van der Waals surface area contributed by atoms with E-state index in [-0.39, 0.29) is 18.2 Å². The highest BCUT2D eigenvalue weighted by Gasteiger charge is 2.38. The first-order chi connectivity index (χ1) is 12.7. The van der Waals surface area contributed by atoms with E-state index in [1.54, 1.807) is 12.1 Å². The molecule has 0 bridgehead atoms. The van der Waals surface area contributed by atoms with E-state index in [0.717, 1.165) is 15.6 Å². The van der Waals surface area contributed by atoms with E-state index in [0.29, 0.717) is 17.3 Å². The predicted octanol–water partition coefficient (Wildman–Crippen LogP) is 5.43. The average Bonchev–Trinajstić information content (AvgIpc) is 2.59. The number of aryl methyl sites for hydroxylation is 1. The second-order valence-electron chi connectivity index (χ2n) is 6.93. The molecule has 3 rings (SSSR count). The third kappa shape index (κ3) is 5.02. The summed E-state index contributed by atoms with van der Waals surface area (Å²) in [6.07, 6.45) is -0.318. The number of hydrogen-bond acceptors (Lipinski definition) is 3. The summed E-state index contributed by atoms with van der Waals surface area (Å²) in [5, 5.41) is 6.18. The molecule has 0 spiro atoms. The minimum atomic E-state index is -0.726. The van der Waals surface area contributed by atoms with Crippen LogP contribution in [0.1, 0.15) is 31.1 Å². The van der Waals surface area contributed by atoms with Crippen LogP contribution in [-0.4, -0.2) is 24.5 Å². The minimum absolute atomic E-state index is 0.318. The molecule has 7 heteroatoms. The number of benzene rings is 2. The van der Waals surface area contributed by atoms with Crippen molar-refractivity contribution in [1.82, 2.24) is 5.32 Å². The molecule has 2 N–H and O–H groups in total. The van der Waals surface area contributed by atoms with Crippen LogP contribution in [-0.2, 0) is 9.47 Å². The summed E-state index contributed by atoms with van der Waals surface area (Å²) in [6, 6.07) is 12.6. The predicted molar refractivity (Wildman–Crippen MR) is 110 cm³/mol. The number of carbonyl (C=O) groups excluding carboxylic acids is 1. The summed E-state index contributed by atoms with van der Waals surface area (Å²) in [5.74, 6) is -0.726. The molecule has 2 amide bonds. The lowest BCUT2D eigenvalue weighted by Crippen LogP contribution is -2.53. The van der Waals surface area contributed by atoms with Gasteiger partial charge in [-0.25, -0.2) is 4.79 Å². The fourth-order valence-electron chi connectivity index (χ4n) is 3.02. The zero-order chi connectivity index (χ0) is 19.6. The third-order valence-electron chi connectivity index (χ3n) is 4.38. The molecule has 1 aliphatic rings. The van der Waals surface area contributed by atoms with Gasteiger partial charge in [-0.15, -0.1) is 0 Å². The van der Waals surface area contributed by atoms with Gasteiger partial charge in [0.15, 0.2) is 5.79 Å². The highest BCUT2D eigenvalue weighted by Crippen LogP contribution is 2.34. The molecule has 2 atom stereocenters. The molecular weight excluding hydrogens is 432 g/mol. The molecule has 0 aromatic heterocycles. The summed E-state index contributed by atoms with van der Waals surface area (Å²) < 4.78 is 12.8. The Morgan fingerprint density at radius 3 is 2.70 bits per heavy atom. The number of carbonyl (C=O) groups is 1. The summed E-state index contributed by atoms with van der Waals surface area (Å²) >= 11 is 9.52. The van der Waals surface area contributed by atoms with Crippen LogP contribution in [0.3, 0.4) is 0 Å². The molecule has 144 valence electrons. The van der Waals surface area contributed by atoms with Gasteiger partial charge in [-0.05, 0) is 50.1 Å². The van der Waals surface area contributed by atoms with Crippen molar-refractivity contribution in [3.8, 4) is 0 Å². The fraction of sp³-hybridized carbons (Fsp3) is 0.350. The maximum absolute atomic E-state index is 12.5. The molecule has 0 aliphatic carbocycles. The lowest BCUT2D eigenvalue weighted by Gasteiger charge is -2.41. The molecule has 0 saturated carbocycles. The van der Waals surface area contributed by atoms with E-state index in [4.69, 9.17) is 21.1 Å². The van der Waals surface area contributed by atoms with Gasteiger partial charge in [0.1, 0.15) is 6.10 Å². The monoisotopic (exact) mass is 452 g/mol. The van der Waals surface area contributed by atoms with Crippen molar-refractivity contribution >= 4 is 39.2 Å². The SMILES string of the molecule is Cc1ccccc1[C@@H]1OC(C)(C)OCC1NC(=O)Nc1ccc(Br)cc1Cl. The molecule has 1 fully saturated rings. The van der Waals surface area contributed by atoms with Crippen LogP contribution in [0.4, 0.5) is 10.5 Å². The lowest BCUT2D eigenvalue weighted by molar-refractivity contribution is -0.284. The zero-order valence-corrected chi connectivity index (χ0v) is 17.7. The molecule has 1 heterocycles. The Labute approximate surface area is 172 Å². The fourth-order valence-corrected chi connectivity index (χ4v) is 3.74. The number of urea groups is 1. The van der Waals surface area contributed by atoms with E-state index < -0.39 is 5.79 Å². The number of nitrogens with one attached hydrogen (secondary N) is 2. The Morgan fingerprint density at radius 1 is 1.26 bits per heavy atom. The molecule has 27 heavy (non-hydrogen) atoms. The molecule has 1 aliphatic heterocycles. The van der Waals surface area contributed by atoms with Crippen LogP contribution >= 0.6 is 27.5 Å². The number of halogens is 2. The number of amides is 2. The van der Waals surface area contributed by atoms with Crippen LogP contribution in [0.2, 0.25) is 5.02 Å². The van der Waals surface area contributed by atoms with Crippen molar-refractivity contribution in [3.63, 3.8) is 0 Å². The first kappa shape index (κ1) is 20.1. The Morgan fingerprint density at radius 2 is 2.00 bits per heavy atom. The number of rotatable bonds is 3. The summed E-state index contributed by atoms with van der Waals surface area (Å²) in [7, 11) is 0. The molecule has 1 unspecified atom stereocenters. The van der Waals surface area contributed by atoms with Gasteiger partial charge in [0.25, 0.3) is 0 Å². The van der Waals surface area contributed by atoms with E-state index in [2.05, 4.69) is 26.6 Å². The van der Waals surface area contributed by atoms with Gasteiger partial charge in [0, 0.05) is 4.47 Å². The first-order valence-electron chi connectivity index (χ1n) is 8.65. The van der Waals surface area contributed by atoms with Crippen molar-refractivity contribution < 1.29 is 14.3 Å². The van der Waals surface area contributed by atoms with E-state index >= 15 is 0 Å². The number of ether oxygens (including phenoxy) is 2. The minimum Gasteiger partial charge on any atom is -0.348 e. The highest BCUT2D eigenvalue weighted by molar-refractivity contribution is 9.10. The van der Waals surface area contributed by atoms with Crippen molar-refractivity contribution in [1.29, 1.82) is 0 Å². The van der Waals surface area contributed by atoms with Crippen molar-refractivity contribution in [2.75, 3.05) is 11.9 Å². The number of hydrogen-bond donors (Lipinski definition) is 2. The van der Waals surface area contributed by atoms with Gasteiger partial charge in [-0.1, -0.05) is 51.8 Å². The second kappa shape index (κ2) is 8.19. The van der Waals surface area contributed by atoms with Gasteiger partial charge in [-0.3, -0.25) is 0 Å². The third-order valence-corrected chi connectivity index (χ3v) is 5.18. The normalized spacial score (nSPS) is 21.5. The summed E-state index contributed by atoms with van der Waals surface area (Å²) in [6.45, 7) is 6.11. The largest absolute Gasteiger partial charge is 0.348 e. The summed E-state index contributed by atoms with van der Waals surface area (Å²) in [4.78, 5) is 12.5. The van der Waals surface area contributed by atoms with E-state index in [1.807, 2.05) is 51.1 Å². The maximum Gasteiger partial charge on any atom is 0.319 e.